The Morgan fingerprint density at radius 2 is 2.16 bits per heavy atom. The number of carbonyl (C=O) groups is 2. The SMILES string of the molecule is Cc1ccc2c(c1)CCCN2C(=O)N[C@@H](C)C(=O)O. The van der Waals surface area contributed by atoms with E-state index in [4.69, 9.17) is 5.11 Å². The van der Waals surface area contributed by atoms with Crippen LogP contribution in [0.1, 0.15) is 24.5 Å². The van der Waals surface area contributed by atoms with E-state index in [9.17, 15) is 9.59 Å². The topological polar surface area (TPSA) is 69.6 Å². The Morgan fingerprint density at radius 3 is 2.84 bits per heavy atom. The normalized spacial score (nSPS) is 15.6. The van der Waals surface area contributed by atoms with Gasteiger partial charge in [0, 0.05) is 12.2 Å². The number of aliphatic carboxylic acids is 1. The van der Waals surface area contributed by atoms with Crippen molar-refractivity contribution in [3.8, 4) is 0 Å². The monoisotopic (exact) mass is 262 g/mol. The average Bonchev–Trinajstić information content (AvgIpc) is 2.37. The molecule has 0 unspecified atom stereocenters. The molecule has 1 heterocycles. The van der Waals surface area contributed by atoms with Gasteiger partial charge in [0.1, 0.15) is 6.04 Å². The number of carboxylic acid groups (broad SMARTS) is 1. The molecule has 0 spiro atoms. The summed E-state index contributed by atoms with van der Waals surface area (Å²) in [7, 11) is 0. The number of carboxylic acids is 1. The van der Waals surface area contributed by atoms with Gasteiger partial charge in [-0.25, -0.2) is 4.79 Å². The molecular formula is C14H18N2O3. The maximum atomic E-state index is 12.1. The molecule has 0 fully saturated rings. The largest absolute Gasteiger partial charge is 0.480 e. The van der Waals surface area contributed by atoms with Crippen LogP contribution >= 0.6 is 0 Å². The molecule has 2 N–H and O–H groups in total. The van der Waals surface area contributed by atoms with Crippen molar-refractivity contribution in [1.29, 1.82) is 0 Å². The van der Waals surface area contributed by atoms with Gasteiger partial charge < -0.3 is 10.4 Å². The van der Waals surface area contributed by atoms with E-state index < -0.39 is 12.0 Å². The molecule has 0 aromatic heterocycles. The van der Waals surface area contributed by atoms with Crippen molar-refractivity contribution in [2.45, 2.75) is 32.7 Å². The summed E-state index contributed by atoms with van der Waals surface area (Å²) in [5, 5.41) is 11.3. The highest BCUT2D eigenvalue weighted by atomic mass is 16.4. The number of nitrogens with zero attached hydrogens (tertiary/aromatic N) is 1. The van der Waals surface area contributed by atoms with Crippen LogP contribution in [-0.2, 0) is 11.2 Å². The van der Waals surface area contributed by atoms with Crippen molar-refractivity contribution in [3.63, 3.8) is 0 Å². The fourth-order valence-electron chi connectivity index (χ4n) is 2.26. The standard InChI is InChI=1S/C14H18N2O3/c1-9-5-6-12-11(8-9)4-3-7-16(12)14(19)15-10(2)13(17)18/h5-6,8,10H,3-4,7H2,1-2H3,(H,15,19)(H,17,18)/t10-/m0/s1. The molecule has 0 saturated carbocycles. The second-order valence-corrected chi connectivity index (χ2v) is 4.90. The van der Waals surface area contributed by atoms with E-state index in [-0.39, 0.29) is 6.03 Å². The zero-order chi connectivity index (χ0) is 14.0. The molecule has 1 atom stereocenters. The van der Waals surface area contributed by atoms with Gasteiger partial charge in [0.05, 0.1) is 0 Å². The molecule has 1 aliphatic heterocycles. The first-order valence-corrected chi connectivity index (χ1v) is 6.39. The molecule has 19 heavy (non-hydrogen) atoms. The zero-order valence-corrected chi connectivity index (χ0v) is 11.1. The number of nitrogens with one attached hydrogen (secondary N) is 1. The number of benzene rings is 1. The number of fused-ring (bicyclic) bond motifs is 1. The summed E-state index contributed by atoms with van der Waals surface area (Å²) >= 11 is 0. The lowest BCUT2D eigenvalue weighted by Gasteiger charge is -2.30. The Morgan fingerprint density at radius 1 is 1.42 bits per heavy atom. The number of rotatable bonds is 2. The van der Waals surface area contributed by atoms with Gasteiger partial charge in [0.25, 0.3) is 0 Å². The summed E-state index contributed by atoms with van der Waals surface area (Å²) in [5.41, 5.74) is 3.19. The Kier molecular flexibility index (Phi) is 3.74. The minimum absolute atomic E-state index is 0.347. The van der Waals surface area contributed by atoms with Crippen LogP contribution in [0.25, 0.3) is 0 Å². The summed E-state index contributed by atoms with van der Waals surface area (Å²) in [5.74, 6) is -1.03. The highest BCUT2D eigenvalue weighted by Gasteiger charge is 2.24. The van der Waals surface area contributed by atoms with Crippen molar-refractivity contribution in [3.05, 3.63) is 29.3 Å². The molecule has 0 bridgehead atoms. The molecule has 0 aliphatic carbocycles. The smallest absolute Gasteiger partial charge is 0.325 e. The van der Waals surface area contributed by atoms with E-state index in [0.29, 0.717) is 6.54 Å². The van der Waals surface area contributed by atoms with E-state index in [1.807, 2.05) is 19.1 Å². The molecule has 1 aromatic rings. The summed E-state index contributed by atoms with van der Waals surface area (Å²) in [6.45, 7) is 4.10. The lowest BCUT2D eigenvalue weighted by molar-refractivity contribution is -0.138. The number of hydrogen-bond donors (Lipinski definition) is 2. The van der Waals surface area contributed by atoms with Gasteiger partial charge in [0.15, 0.2) is 0 Å². The second kappa shape index (κ2) is 5.30. The van der Waals surface area contributed by atoms with Crippen molar-refractivity contribution in [2.24, 2.45) is 0 Å². The Balaban J connectivity index is 2.19. The van der Waals surface area contributed by atoms with Gasteiger partial charge in [-0.1, -0.05) is 17.7 Å². The van der Waals surface area contributed by atoms with Crippen LogP contribution in [0, 0.1) is 6.92 Å². The van der Waals surface area contributed by atoms with Gasteiger partial charge in [-0.05, 0) is 38.3 Å². The number of carbonyl (C=O) groups excluding carboxylic acids is 1. The van der Waals surface area contributed by atoms with Gasteiger partial charge in [-0.2, -0.15) is 0 Å². The molecule has 1 aromatic carbocycles. The van der Waals surface area contributed by atoms with Gasteiger partial charge in [-0.15, -0.1) is 0 Å². The maximum absolute atomic E-state index is 12.1. The molecule has 5 nitrogen and oxygen atoms in total. The second-order valence-electron chi connectivity index (χ2n) is 4.90. The van der Waals surface area contributed by atoms with Gasteiger partial charge in [-0.3, -0.25) is 9.69 Å². The van der Waals surface area contributed by atoms with Crippen molar-refractivity contribution >= 4 is 17.7 Å². The summed E-state index contributed by atoms with van der Waals surface area (Å²) < 4.78 is 0. The number of urea groups is 1. The van der Waals surface area contributed by atoms with Crippen molar-refractivity contribution < 1.29 is 14.7 Å². The fraction of sp³-hybridized carbons (Fsp3) is 0.429. The first-order chi connectivity index (χ1) is 8.99. The molecular weight excluding hydrogens is 244 g/mol. The molecule has 1 aliphatic rings. The van der Waals surface area contributed by atoms with Crippen LogP contribution in [0.4, 0.5) is 10.5 Å². The number of hydrogen-bond acceptors (Lipinski definition) is 2. The highest BCUT2D eigenvalue weighted by Crippen LogP contribution is 2.27. The van der Waals surface area contributed by atoms with Gasteiger partial charge in [0.2, 0.25) is 0 Å². The van der Waals surface area contributed by atoms with E-state index in [2.05, 4.69) is 11.4 Å². The minimum atomic E-state index is -1.03. The lowest BCUT2D eigenvalue weighted by atomic mass is 10.00. The van der Waals surface area contributed by atoms with Crippen LogP contribution in [0.15, 0.2) is 18.2 Å². The van der Waals surface area contributed by atoms with Gasteiger partial charge >= 0.3 is 12.0 Å². The quantitative estimate of drug-likeness (QED) is 0.855. The van der Waals surface area contributed by atoms with E-state index in [0.717, 1.165) is 24.1 Å². The average molecular weight is 262 g/mol. The first-order valence-electron chi connectivity index (χ1n) is 6.39. The van der Waals surface area contributed by atoms with E-state index >= 15 is 0 Å². The third kappa shape index (κ3) is 2.86. The van der Waals surface area contributed by atoms with E-state index in [1.165, 1.54) is 12.5 Å². The van der Waals surface area contributed by atoms with E-state index in [1.54, 1.807) is 4.90 Å². The van der Waals surface area contributed by atoms with Crippen LogP contribution in [0.3, 0.4) is 0 Å². The Bertz CT molecular complexity index is 513. The van der Waals surface area contributed by atoms with Crippen LogP contribution in [-0.4, -0.2) is 29.7 Å². The molecule has 5 heteroatoms. The molecule has 0 radical (unpaired) electrons. The first kappa shape index (κ1) is 13.4. The molecule has 102 valence electrons. The highest BCUT2D eigenvalue weighted by molar-refractivity contribution is 5.95. The summed E-state index contributed by atoms with van der Waals surface area (Å²) in [6, 6.07) is 4.73. The zero-order valence-electron chi connectivity index (χ0n) is 11.1. The van der Waals surface area contributed by atoms with Crippen LogP contribution < -0.4 is 10.2 Å². The molecule has 2 amide bonds. The predicted octanol–water partition coefficient (Wildman–Crippen LogP) is 1.93. The summed E-state index contributed by atoms with van der Waals surface area (Å²) in [4.78, 5) is 24.5. The number of amides is 2. The predicted molar refractivity (Wildman–Crippen MR) is 72.5 cm³/mol. The summed E-state index contributed by atoms with van der Waals surface area (Å²) in [6.07, 6.45) is 1.85. The lowest BCUT2D eigenvalue weighted by Crippen LogP contribution is -2.48. The number of anilines is 1. The Labute approximate surface area is 112 Å². The minimum Gasteiger partial charge on any atom is -0.480 e. The van der Waals surface area contributed by atoms with Crippen LogP contribution in [0.5, 0.6) is 0 Å². The molecule has 0 saturated heterocycles. The van der Waals surface area contributed by atoms with Crippen molar-refractivity contribution in [2.75, 3.05) is 11.4 Å². The number of aryl methyl sites for hydroxylation is 2. The van der Waals surface area contributed by atoms with Crippen molar-refractivity contribution in [1.82, 2.24) is 5.32 Å². The third-order valence-electron chi connectivity index (χ3n) is 3.31. The molecule has 2 rings (SSSR count). The maximum Gasteiger partial charge on any atom is 0.325 e. The van der Waals surface area contributed by atoms with Crippen LogP contribution in [0.2, 0.25) is 0 Å². The fourth-order valence-corrected chi connectivity index (χ4v) is 2.26. The third-order valence-corrected chi connectivity index (χ3v) is 3.31. The Hall–Kier alpha value is -2.04.